The molecule has 0 aliphatic carbocycles. The van der Waals surface area contributed by atoms with Crippen LogP contribution in [0.1, 0.15) is 27.2 Å². The Morgan fingerprint density at radius 1 is 1.62 bits per heavy atom. The van der Waals surface area contributed by atoms with Gasteiger partial charge in [0.15, 0.2) is 0 Å². The van der Waals surface area contributed by atoms with Gasteiger partial charge in [0.25, 0.3) is 0 Å². The average molecular weight is 114 g/mol. The molecule has 1 heteroatoms. The van der Waals surface area contributed by atoms with Crippen molar-refractivity contribution in [3.63, 3.8) is 0 Å². The summed E-state index contributed by atoms with van der Waals surface area (Å²) in [6, 6.07) is 0. The van der Waals surface area contributed by atoms with E-state index in [1.54, 1.807) is 0 Å². The first kappa shape index (κ1) is 7.54. The van der Waals surface area contributed by atoms with Crippen LogP contribution in [-0.2, 0) is 0 Å². The summed E-state index contributed by atoms with van der Waals surface area (Å²) < 4.78 is 0. The van der Waals surface area contributed by atoms with Gasteiger partial charge in [0.1, 0.15) is 0 Å². The third kappa shape index (κ3) is 3.72. The Labute approximate surface area is 51.0 Å². The maximum Gasteiger partial charge on any atom is 0.0882 e. The van der Waals surface area contributed by atoms with Crippen molar-refractivity contribution in [1.29, 1.82) is 0 Å². The number of aliphatic hydroxyl groups excluding tert-OH is 1. The second-order valence-electron chi connectivity index (χ2n) is 2.26. The highest BCUT2D eigenvalue weighted by Gasteiger charge is 1.88. The molecular weight excluding hydrogens is 100 g/mol. The number of allylic oxidation sites excluding steroid dienone is 2. The van der Waals surface area contributed by atoms with E-state index in [1.165, 1.54) is 0 Å². The van der Waals surface area contributed by atoms with Crippen molar-refractivity contribution >= 4 is 0 Å². The number of aliphatic hydroxyl groups is 1. The lowest BCUT2D eigenvalue weighted by Gasteiger charge is -1.95. The molecule has 0 fully saturated rings. The van der Waals surface area contributed by atoms with Gasteiger partial charge in [0.05, 0.1) is 5.76 Å². The van der Waals surface area contributed by atoms with Gasteiger partial charge in [-0.3, -0.25) is 0 Å². The Morgan fingerprint density at radius 3 is 2.25 bits per heavy atom. The summed E-state index contributed by atoms with van der Waals surface area (Å²) in [5.41, 5.74) is 0. The van der Waals surface area contributed by atoms with Gasteiger partial charge in [0, 0.05) is 6.42 Å². The summed E-state index contributed by atoms with van der Waals surface area (Å²) in [4.78, 5) is 0. The SMILES string of the molecule is CCC(O)=CC(C)C. The molecule has 0 rings (SSSR count). The van der Waals surface area contributed by atoms with Crippen molar-refractivity contribution in [2.24, 2.45) is 5.92 Å². The first-order chi connectivity index (χ1) is 3.66. The summed E-state index contributed by atoms with van der Waals surface area (Å²) in [5, 5.41) is 8.89. The van der Waals surface area contributed by atoms with Crippen molar-refractivity contribution in [2.45, 2.75) is 27.2 Å². The molecular formula is C7H14O. The lowest BCUT2D eigenvalue weighted by atomic mass is 10.2. The molecule has 0 bridgehead atoms. The molecule has 1 nitrogen and oxygen atoms in total. The van der Waals surface area contributed by atoms with E-state index in [-0.39, 0.29) is 0 Å². The molecule has 8 heavy (non-hydrogen) atoms. The highest BCUT2D eigenvalue weighted by Crippen LogP contribution is 2.01. The van der Waals surface area contributed by atoms with Crippen molar-refractivity contribution in [2.75, 3.05) is 0 Å². The standard InChI is InChI=1S/C7H14O/c1-4-7(8)5-6(2)3/h5-6,8H,4H2,1-3H3. The molecule has 0 aliphatic rings. The van der Waals surface area contributed by atoms with Crippen LogP contribution >= 0.6 is 0 Å². The van der Waals surface area contributed by atoms with Crippen LogP contribution in [0.15, 0.2) is 11.8 Å². The molecule has 1 N–H and O–H groups in total. The van der Waals surface area contributed by atoms with Gasteiger partial charge in [-0.1, -0.05) is 20.8 Å². The van der Waals surface area contributed by atoms with Gasteiger partial charge in [-0.2, -0.15) is 0 Å². The molecule has 0 spiro atoms. The summed E-state index contributed by atoms with van der Waals surface area (Å²) in [6.07, 6.45) is 2.61. The van der Waals surface area contributed by atoms with Crippen LogP contribution in [0.4, 0.5) is 0 Å². The second-order valence-corrected chi connectivity index (χ2v) is 2.26. The minimum Gasteiger partial charge on any atom is -0.513 e. The molecule has 0 aromatic heterocycles. The fourth-order valence-corrected chi connectivity index (χ4v) is 0.503. The van der Waals surface area contributed by atoms with E-state index in [0.717, 1.165) is 6.42 Å². The summed E-state index contributed by atoms with van der Waals surface area (Å²) in [7, 11) is 0. The highest BCUT2D eigenvalue weighted by molar-refractivity contribution is 4.91. The Kier molecular flexibility index (Phi) is 3.33. The van der Waals surface area contributed by atoms with Gasteiger partial charge < -0.3 is 5.11 Å². The smallest absolute Gasteiger partial charge is 0.0882 e. The summed E-state index contributed by atoms with van der Waals surface area (Å²) in [5.74, 6) is 0.968. The molecule has 0 saturated carbocycles. The first-order valence-corrected chi connectivity index (χ1v) is 3.06. The molecule has 48 valence electrons. The third-order valence-corrected chi connectivity index (χ3v) is 0.888. The van der Waals surface area contributed by atoms with Crippen molar-refractivity contribution in [3.8, 4) is 0 Å². The molecule has 0 unspecified atom stereocenters. The van der Waals surface area contributed by atoms with E-state index >= 15 is 0 Å². The van der Waals surface area contributed by atoms with Gasteiger partial charge in [0.2, 0.25) is 0 Å². The van der Waals surface area contributed by atoms with E-state index in [2.05, 4.69) is 0 Å². The van der Waals surface area contributed by atoms with Crippen molar-refractivity contribution in [3.05, 3.63) is 11.8 Å². The zero-order valence-corrected chi connectivity index (χ0v) is 5.81. The van der Waals surface area contributed by atoms with Crippen LogP contribution in [0.25, 0.3) is 0 Å². The summed E-state index contributed by atoms with van der Waals surface area (Å²) in [6.45, 7) is 6.03. The molecule has 0 saturated heterocycles. The topological polar surface area (TPSA) is 20.2 Å². The Balaban J connectivity index is 3.56. The maximum atomic E-state index is 8.89. The molecule has 0 atom stereocenters. The second kappa shape index (κ2) is 3.53. The van der Waals surface area contributed by atoms with E-state index in [0.29, 0.717) is 11.7 Å². The van der Waals surface area contributed by atoms with Gasteiger partial charge >= 0.3 is 0 Å². The Morgan fingerprint density at radius 2 is 2.12 bits per heavy atom. The minimum absolute atomic E-state index is 0.468. The van der Waals surface area contributed by atoms with Crippen LogP contribution in [0.5, 0.6) is 0 Å². The van der Waals surface area contributed by atoms with Crippen molar-refractivity contribution in [1.82, 2.24) is 0 Å². The monoisotopic (exact) mass is 114 g/mol. The van der Waals surface area contributed by atoms with Crippen LogP contribution in [0.2, 0.25) is 0 Å². The minimum atomic E-state index is 0.468. The molecule has 0 radical (unpaired) electrons. The number of hydrogen-bond acceptors (Lipinski definition) is 1. The van der Waals surface area contributed by atoms with Crippen LogP contribution in [-0.4, -0.2) is 5.11 Å². The van der Waals surface area contributed by atoms with E-state index < -0.39 is 0 Å². The van der Waals surface area contributed by atoms with Crippen LogP contribution < -0.4 is 0 Å². The average Bonchev–Trinajstić information content (AvgIpc) is 1.65. The Hall–Kier alpha value is -0.460. The zero-order chi connectivity index (χ0) is 6.57. The lowest BCUT2D eigenvalue weighted by Crippen LogP contribution is -1.83. The van der Waals surface area contributed by atoms with Crippen LogP contribution in [0, 0.1) is 5.92 Å². The van der Waals surface area contributed by atoms with Gasteiger partial charge in [-0.25, -0.2) is 0 Å². The molecule has 0 heterocycles. The Bertz CT molecular complexity index is 82.4. The van der Waals surface area contributed by atoms with E-state index in [9.17, 15) is 0 Å². The maximum absolute atomic E-state index is 8.89. The largest absolute Gasteiger partial charge is 0.513 e. The van der Waals surface area contributed by atoms with Gasteiger partial charge in [-0.15, -0.1) is 0 Å². The molecule has 0 amide bonds. The molecule has 0 aromatic carbocycles. The predicted molar refractivity (Wildman–Crippen MR) is 35.8 cm³/mol. The fraction of sp³-hybridized carbons (Fsp3) is 0.714. The van der Waals surface area contributed by atoms with Crippen LogP contribution in [0.3, 0.4) is 0 Å². The van der Waals surface area contributed by atoms with E-state index in [4.69, 9.17) is 5.11 Å². The third-order valence-electron chi connectivity index (χ3n) is 0.888. The zero-order valence-electron chi connectivity index (χ0n) is 5.81. The number of rotatable bonds is 2. The molecule has 0 aromatic rings. The summed E-state index contributed by atoms with van der Waals surface area (Å²) >= 11 is 0. The normalized spacial score (nSPS) is 12.8. The fourth-order valence-electron chi connectivity index (χ4n) is 0.503. The quantitative estimate of drug-likeness (QED) is 0.547. The van der Waals surface area contributed by atoms with Gasteiger partial charge in [-0.05, 0) is 12.0 Å². The van der Waals surface area contributed by atoms with Crippen molar-refractivity contribution < 1.29 is 5.11 Å². The number of hydrogen-bond donors (Lipinski definition) is 1. The predicted octanol–water partition coefficient (Wildman–Crippen LogP) is 2.49. The first-order valence-electron chi connectivity index (χ1n) is 3.06. The molecule has 0 aliphatic heterocycles. The van der Waals surface area contributed by atoms with E-state index in [1.807, 2.05) is 26.8 Å². The lowest BCUT2D eigenvalue weighted by molar-refractivity contribution is 0.388. The highest BCUT2D eigenvalue weighted by atomic mass is 16.3.